The molecule has 0 atom stereocenters. The number of thiophene rings is 1. The highest BCUT2D eigenvalue weighted by molar-refractivity contribution is 7.10. The van der Waals surface area contributed by atoms with Crippen LogP contribution in [0.1, 0.15) is 25.9 Å². The molecule has 0 aliphatic rings. The summed E-state index contributed by atoms with van der Waals surface area (Å²) >= 11 is 2.98. The molecule has 2 heterocycles. The number of nitrogens with one attached hydrogen (secondary N) is 1. The van der Waals surface area contributed by atoms with Crippen molar-refractivity contribution >= 4 is 28.6 Å². The zero-order valence-electron chi connectivity index (χ0n) is 10.3. The fraction of sp³-hybridized carbons (Fsp3) is 0.231. The number of thiazole rings is 1. The van der Waals surface area contributed by atoms with Gasteiger partial charge in [0.05, 0.1) is 11.6 Å². The second-order valence-electron chi connectivity index (χ2n) is 3.70. The Balaban J connectivity index is 1.92. The largest absolute Gasteiger partial charge is 0.384 e. The SMILES string of the molecule is Cc1nc(C(=O)NCc2cc(C#CCO)cs2)cs1. The van der Waals surface area contributed by atoms with E-state index in [-0.39, 0.29) is 12.5 Å². The monoisotopic (exact) mass is 292 g/mol. The average molecular weight is 292 g/mol. The Labute approximate surface area is 119 Å². The van der Waals surface area contributed by atoms with Crippen LogP contribution >= 0.6 is 22.7 Å². The molecule has 0 aliphatic heterocycles. The fourth-order valence-corrected chi connectivity index (χ4v) is 2.75. The number of aryl methyl sites for hydroxylation is 1. The quantitative estimate of drug-likeness (QED) is 0.848. The lowest BCUT2D eigenvalue weighted by Gasteiger charge is -1.99. The van der Waals surface area contributed by atoms with Gasteiger partial charge in [-0.2, -0.15) is 0 Å². The molecule has 0 aliphatic carbocycles. The first kappa shape index (κ1) is 13.7. The van der Waals surface area contributed by atoms with E-state index >= 15 is 0 Å². The minimum atomic E-state index is -0.166. The molecule has 2 aromatic heterocycles. The van der Waals surface area contributed by atoms with Crippen molar-refractivity contribution in [1.82, 2.24) is 10.3 Å². The van der Waals surface area contributed by atoms with Crippen molar-refractivity contribution in [3.8, 4) is 11.8 Å². The Morgan fingerprint density at radius 1 is 1.47 bits per heavy atom. The van der Waals surface area contributed by atoms with E-state index in [9.17, 15) is 4.79 Å². The van der Waals surface area contributed by atoms with Crippen LogP contribution in [0.15, 0.2) is 16.8 Å². The third-order valence-electron chi connectivity index (χ3n) is 2.24. The van der Waals surface area contributed by atoms with Gasteiger partial charge in [-0.1, -0.05) is 11.8 Å². The highest BCUT2D eigenvalue weighted by atomic mass is 32.1. The Morgan fingerprint density at radius 2 is 2.32 bits per heavy atom. The molecule has 0 unspecified atom stereocenters. The van der Waals surface area contributed by atoms with Crippen molar-refractivity contribution in [2.75, 3.05) is 6.61 Å². The molecule has 19 heavy (non-hydrogen) atoms. The van der Waals surface area contributed by atoms with Gasteiger partial charge in [0.25, 0.3) is 5.91 Å². The van der Waals surface area contributed by atoms with Gasteiger partial charge in [-0.15, -0.1) is 22.7 Å². The Hall–Kier alpha value is -1.68. The maximum atomic E-state index is 11.8. The number of hydrogen-bond acceptors (Lipinski definition) is 5. The zero-order chi connectivity index (χ0) is 13.7. The lowest BCUT2D eigenvalue weighted by atomic mass is 10.3. The van der Waals surface area contributed by atoms with Crippen LogP contribution < -0.4 is 5.32 Å². The van der Waals surface area contributed by atoms with E-state index < -0.39 is 0 Å². The van der Waals surface area contributed by atoms with Gasteiger partial charge in [0.1, 0.15) is 12.3 Å². The van der Waals surface area contributed by atoms with E-state index in [1.807, 2.05) is 18.4 Å². The number of aliphatic hydroxyl groups is 1. The summed E-state index contributed by atoms with van der Waals surface area (Å²) in [4.78, 5) is 16.9. The van der Waals surface area contributed by atoms with Crippen LogP contribution in [0.3, 0.4) is 0 Å². The summed E-state index contributed by atoms with van der Waals surface area (Å²) in [7, 11) is 0. The number of aliphatic hydroxyl groups excluding tert-OH is 1. The van der Waals surface area contributed by atoms with Gasteiger partial charge in [-0.05, 0) is 13.0 Å². The molecule has 4 nitrogen and oxygen atoms in total. The molecule has 0 fully saturated rings. The second kappa shape index (κ2) is 6.48. The van der Waals surface area contributed by atoms with Gasteiger partial charge in [0.2, 0.25) is 0 Å². The third kappa shape index (κ3) is 3.89. The fourth-order valence-electron chi connectivity index (χ4n) is 1.41. The zero-order valence-corrected chi connectivity index (χ0v) is 11.9. The summed E-state index contributed by atoms with van der Waals surface area (Å²) in [5.74, 6) is 5.25. The summed E-state index contributed by atoms with van der Waals surface area (Å²) in [5, 5.41) is 15.9. The molecule has 2 N–H and O–H groups in total. The van der Waals surface area contributed by atoms with Crippen molar-refractivity contribution in [2.45, 2.75) is 13.5 Å². The maximum Gasteiger partial charge on any atom is 0.271 e. The van der Waals surface area contributed by atoms with Crippen LogP contribution in [0.4, 0.5) is 0 Å². The van der Waals surface area contributed by atoms with Crippen molar-refractivity contribution < 1.29 is 9.90 Å². The average Bonchev–Trinajstić information content (AvgIpc) is 3.02. The van der Waals surface area contributed by atoms with E-state index in [1.165, 1.54) is 22.7 Å². The first-order chi connectivity index (χ1) is 9.19. The molecule has 0 bridgehead atoms. The van der Waals surface area contributed by atoms with Crippen LogP contribution in [0.2, 0.25) is 0 Å². The Kier molecular flexibility index (Phi) is 4.68. The number of rotatable bonds is 3. The van der Waals surface area contributed by atoms with Gasteiger partial charge in [-0.3, -0.25) is 4.79 Å². The normalized spacial score (nSPS) is 9.79. The Morgan fingerprint density at radius 3 is 3.00 bits per heavy atom. The molecule has 0 radical (unpaired) electrons. The van der Waals surface area contributed by atoms with Crippen molar-refractivity contribution in [1.29, 1.82) is 0 Å². The summed E-state index contributed by atoms with van der Waals surface area (Å²) in [6.45, 7) is 2.18. The van der Waals surface area contributed by atoms with Crippen LogP contribution in [0.25, 0.3) is 0 Å². The molecule has 2 aromatic rings. The number of hydrogen-bond donors (Lipinski definition) is 2. The minimum Gasteiger partial charge on any atom is -0.384 e. The molecule has 0 saturated heterocycles. The highest BCUT2D eigenvalue weighted by Gasteiger charge is 2.09. The standard InChI is InChI=1S/C13H12N2O2S2/c1-9-15-12(8-18-9)13(17)14-6-11-5-10(7-19-11)3-2-4-16/h5,7-8,16H,4,6H2,1H3,(H,14,17). The topological polar surface area (TPSA) is 62.2 Å². The smallest absolute Gasteiger partial charge is 0.271 e. The molecular formula is C13H12N2O2S2. The highest BCUT2D eigenvalue weighted by Crippen LogP contribution is 2.14. The van der Waals surface area contributed by atoms with Gasteiger partial charge in [-0.25, -0.2) is 4.98 Å². The summed E-state index contributed by atoms with van der Waals surface area (Å²) in [5.41, 5.74) is 1.31. The molecule has 6 heteroatoms. The molecule has 0 aromatic carbocycles. The number of nitrogens with zero attached hydrogens (tertiary/aromatic N) is 1. The third-order valence-corrected chi connectivity index (χ3v) is 3.95. The summed E-state index contributed by atoms with van der Waals surface area (Å²) in [6.07, 6.45) is 0. The van der Waals surface area contributed by atoms with Crippen molar-refractivity contribution in [3.63, 3.8) is 0 Å². The van der Waals surface area contributed by atoms with Crippen molar-refractivity contribution in [3.05, 3.63) is 38.0 Å². The lowest BCUT2D eigenvalue weighted by Crippen LogP contribution is -2.22. The van der Waals surface area contributed by atoms with E-state index in [4.69, 9.17) is 5.11 Å². The van der Waals surface area contributed by atoms with E-state index in [0.29, 0.717) is 12.2 Å². The first-order valence-electron chi connectivity index (χ1n) is 5.56. The van der Waals surface area contributed by atoms with Crippen molar-refractivity contribution in [2.24, 2.45) is 0 Å². The number of aromatic nitrogens is 1. The predicted octanol–water partition coefficient (Wildman–Crippen LogP) is 1.79. The van der Waals surface area contributed by atoms with Gasteiger partial charge in [0, 0.05) is 21.2 Å². The van der Waals surface area contributed by atoms with Gasteiger partial charge >= 0.3 is 0 Å². The minimum absolute atomic E-state index is 0.148. The summed E-state index contributed by atoms with van der Waals surface area (Å²) in [6, 6.07) is 1.90. The maximum absolute atomic E-state index is 11.8. The van der Waals surface area contributed by atoms with Crippen LogP contribution in [0, 0.1) is 18.8 Å². The Bertz CT molecular complexity index is 634. The number of carbonyl (C=O) groups is 1. The van der Waals surface area contributed by atoms with E-state index in [2.05, 4.69) is 22.1 Å². The predicted molar refractivity (Wildman–Crippen MR) is 76.3 cm³/mol. The van der Waals surface area contributed by atoms with Gasteiger partial charge in [0.15, 0.2) is 0 Å². The molecule has 2 rings (SSSR count). The van der Waals surface area contributed by atoms with E-state index in [1.54, 1.807) is 5.38 Å². The van der Waals surface area contributed by atoms with Crippen LogP contribution in [-0.2, 0) is 6.54 Å². The van der Waals surface area contributed by atoms with Crippen LogP contribution in [-0.4, -0.2) is 22.6 Å². The second-order valence-corrected chi connectivity index (χ2v) is 5.75. The molecule has 0 spiro atoms. The van der Waals surface area contributed by atoms with Gasteiger partial charge < -0.3 is 10.4 Å². The number of carbonyl (C=O) groups excluding carboxylic acids is 1. The summed E-state index contributed by atoms with van der Waals surface area (Å²) < 4.78 is 0. The van der Waals surface area contributed by atoms with Crippen LogP contribution in [0.5, 0.6) is 0 Å². The van der Waals surface area contributed by atoms with E-state index in [0.717, 1.165) is 15.4 Å². The number of amides is 1. The molecule has 98 valence electrons. The molecule has 1 amide bonds. The molecule has 0 saturated carbocycles. The first-order valence-corrected chi connectivity index (χ1v) is 7.32. The lowest BCUT2D eigenvalue weighted by molar-refractivity contribution is 0.0947. The molecular weight excluding hydrogens is 280 g/mol.